The maximum atomic E-state index is 5.26. The van der Waals surface area contributed by atoms with Crippen molar-refractivity contribution in [3.8, 4) is 5.75 Å². The molecule has 0 spiro atoms. The minimum atomic E-state index is 0.684. The number of nitrogens with zero attached hydrogens (tertiary/aromatic N) is 1. The number of hydrogen-bond acceptors (Lipinski definition) is 3. The number of amidine groups is 1. The van der Waals surface area contributed by atoms with Crippen LogP contribution in [0.4, 0.5) is 0 Å². The van der Waals surface area contributed by atoms with Gasteiger partial charge in [0.05, 0.1) is 13.7 Å². The molecule has 0 unspecified atom stereocenters. The molecule has 0 atom stereocenters. The third kappa shape index (κ3) is 2.57. The van der Waals surface area contributed by atoms with Gasteiger partial charge in [0.2, 0.25) is 0 Å². The lowest BCUT2D eigenvalue weighted by Gasteiger charge is -2.18. The summed E-state index contributed by atoms with van der Waals surface area (Å²) in [7, 11) is 1.67. The molecule has 3 nitrogen and oxygen atoms in total. The second-order valence-corrected chi connectivity index (χ2v) is 4.53. The lowest BCUT2D eigenvalue weighted by Crippen LogP contribution is -2.26. The summed E-state index contributed by atoms with van der Waals surface area (Å²) in [5, 5.41) is 3.39. The summed E-state index contributed by atoms with van der Waals surface area (Å²) in [5.41, 5.74) is 3.30. The minimum Gasteiger partial charge on any atom is -0.497 e. The van der Waals surface area contributed by atoms with E-state index in [-0.39, 0.29) is 0 Å². The highest BCUT2D eigenvalue weighted by molar-refractivity contribution is 6.04. The quantitative estimate of drug-likeness (QED) is 0.924. The van der Waals surface area contributed by atoms with Crippen molar-refractivity contribution in [3.63, 3.8) is 0 Å². The average molecular weight is 264 g/mol. The number of rotatable bonds is 3. The molecule has 0 saturated carbocycles. The van der Waals surface area contributed by atoms with Gasteiger partial charge in [0.15, 0.2) is 0 Å². The highest BCUT2D eigenvalue weighted by atomic mass is 16.5. The van der Waals surface area contributed by atoms with Gasteiger partial charge in [-0.15, -0.1) is 0 Å². The molecule has 2 aromatic rings. The molecule has 3 heteroatoms. The molecule has 2 aromatic carbocycles. The van der Waals surface area contributed by atoms with Gasteiger partial charge in [-0.05, 0) is 23.8 Å². The fraction of sp³-hybridized carbons (Fsp3) is 0.118. The lowest BCUT2D eigenvalue weighted by molar-refractivity contribution is 0.414. The van der Waals surface area contributed by atoms with Crippen LogP contribution >= 0.6 is 0 Å². The van der Waals surface area contributed by atoms with Crippen molar-refractivity contribution in [1.82, 2.24) is 5.32 Å². The van der Waals surface area contributed by atoms with Gasteiger partial charge >= 0.3 is 0 Å². The van der Waals surface area contributed by atoms with Crippen LogP contribution in [0.5, 0.6) is 5.75 Å². The van der Waals surface area contributed by atoms with Gasteiger partial charge in [-0.3, -0.25) is 4.99 Å². The van der Waals surface area contributed by atoms with Crippen molar-refractivity contribution >= 4 is 11.5 Å². The molecule has 20 heavy (non-hydrogen) atoms. The second-order valence-electron chi connectivity index (χ2n) is 4.53. The molecule has 1 aliphatic heterocycles. The van der Waals surface area contributed by atoms with Crippen molar-refractivity contribution in [1.29, 1.82) is 0 Å². The molecular formula is C17H16N2O. The average Bonchev–Trinajstić information content (AvgIpc) is 2.56. The predicted molar refractivity (Wildman–Crippen MR) is 82.0 cm³/mol. The predicted octanol–water partition coefficient (Wildman–Crippen LogP) is 3.09. The molecular weight excluding hydrogens is 248 g/mol. The number of nitrogens with one attached hydrogen (secondary N) is 1. The summed E-state index contributed by atoms with van der Waals surface area (Å²) in [6.45, 7) is 0.684. The van der Waals surface area contributed by atoms with Crippen molar-refractivity contribution < 1.29 is 4.74 Å². The Kier molecular flexibility index (Phi) is 3.50. The number of aliphatic imine (C=N–C) groups is 1. The maximum Gasteiger partial charge on any atom is 0.133 e. The van der Waals surface area contributed by atoms with E-state index in [4.69, 9.17) is 4.74 Å². The van der Waals surface area contributed by atoms with E-state index < -0.39 is 0 Å². The molecule has 0 fully saturated rings. The van der Waals surface area contributed by atoms with Gasteiger partial charge < -0.3 is 10.1 Å². The minimum absolute atomic E-state index is 0.684. The number of ether oxygens (including phenoxy) is 1. The van der Waals surface area contributed by atoms with Gasteiger partial charge in [0.25, 0.3) is 0 Å². The van der Waals surface area contributed by atoms with Crippen molar-refractivity contribution in [3.05, 3.63) is 71.8 Å². The lowest BCUT2D eigenvalue weighted by atomic mass is 10.1. The van der Waals surface area contributed by atoms with Crippen molar-refractivity contribution in [2.24, 2.45) is 4.99 Å². The van der Waals surface area contributed by atoms with E-state index >= 15 is 0 Å². The van der Waals surface area contributed by atoms with E-state index in [9.17, 15) is 0 Å². The fourth-order valence-corrected chi connectivity index (χ4v) is 2.19. The Morgan fingerprint density at radius 1 is 1.00 bits per heavy atom. The van der Waals surface area contributed by atoms with Gasteiger partial charge in [-0.2, -0.15) is 0 Å². The van der Waals surface area contributed by atoms with E-state index in [1.807, 2.05) is 42.5 Å². The monoisotopic (exact) mass is 264 g/mol. The van der Waals surface area contributed by atoms with Gasteiger partial charge in [0, 0.05) is 11.3 Å². The zero-order valence-corrected chi connectivity index (χ0v) is 11.3. The van der Waals surface area contributed by atoms with E-state index in [0.29, 0.717) is 6.54 Å². The van der Waals surface area contributed by atoms with Crippen molar-refractivity contribution in [2.75, 3.05) is 13.7 Å². The van der Waals surface area contributed by atoms with Crippen LogP contribution in [0.3, 0.4) is 0 Å². The molecule has 100 valence electrons. The SMILES string of the molecule is COc1cccc(C2=NCC=C(c3ccccc3)N2)c1. The number of hydrogen-bond donors (Lipinski definition) is 1. The first-order chi connectivity index (χ1) is 9.86. The van der Waals surface area contributed by atoms with E-state index in [1.165, 1.54) is 5.56 Å². The van der Waals surface area contributed by atoms with Gasteiger partial charge in [-0.25, -0.2) is 0 Å². The zero-order valence-electron chi connectivity index (χ0n) is 11.3. The summed E-state index contributed by atoms with van der Waals surface area (Å²) in [4.78, 5) is 4.52. The molecule has 0 saturated heterocycles. The van der Waals surface area contributed by atoms with E-state index in [2.05, 4.69) is 28.5 Å². The third-order valence-electron chi connectivity index (χ3n) is 3.23. The largest absolute Gasteiger partial charge is 0.497 e. The van der Waals surface area contributed by atoms with Crippen LogP contribution < -0.4 is 10.1 Å². The van der Waals surface area contributed by atoms with Crippen LogP contribution in [0.2, 0.25) is 0 Å². The Labute approximate surface area is 118 Å². The van der Waals surface area contributed by atoms with Crippen molar-refractivity contribution in [2.45, 2.75) is 0 Å². The molecule has 0 aromatic heterocycles. The summed E-state index contributed by atoms with van der Waals surface area (Å²) in [6.07, 6.45) is 2.10. The first kappa shape index (κ1) is 12.5. The molecule has 3 rings (SSSR count). The fourth-order valence-electron chi connectivity index (χ4n) is 2.19. The molecule has 1 aliphatic rings. The van der Waals surface area contributed by atoms with E-state index in [0.717, 1.165) is 22.8 Å². The molecule has 0 bridgehead atoms. The standard InChI is InChI=1S/C17H16N2O/c1-20-15-9-5-8-14(12-15)17-18-11-10-16(19-17)13-6-3-2-4-7-13/h2-10,12H,11H2,1H3,(H,18,19). The Hall–Kier alpha value is -2.55. The first-order valence-corrected chi connectivity index (χ1v) is 6.58. The molecule has 0 aliphatic carbocycles. The molecule has 0 radical (unpaired) electrons. The first-order valence-electron chi connectivity index (χ1n) is 6.58. The zero-order chi connectivity index (χ0) is 13.8. The van der Waals surface area contributed by atoms with Crippen LogP contribution in [0.1, 0.15) is 11.1 Å². The second kappa shape index (κ2) is 5.61. The van der Waals surface area contributed by atoms with Crippen LogP contribution in [-0.2, 0) is 0 Å². The highest BCUT2D eigenvalue weighted by Crippen LogP contribution is 2.18. The highest BCUT2D eigenvalue weighted by Gasteiger charge is 2.11. The maximum absolute atomic E-state index is 5.26. The summed E-state index contributed by atoms with van der Waals surface area (Å²) in [5.74, 6) is 1.72. The molecule has 1 N–H and O–H groups in total. The Morgan fingerprint density at radius 2 is 1.80 bits per heavy atom. The van der Waals surface area contributed by atoms with Gasteiger partial charge in [-0.1, -0.05) is 42.5 Å². The number of benzene rings is 2. The van der Waals surface area contributed by atoms with Crippen LogP contribution in [0.15, 0.2) is 65.7 Å². The summed E-state index contributed by atoms with van der Waals surface area (Å²) >= 11 is 0. The normalized spacial score (nSPS) is 14.1. The van der Waals surface area contributed by atoms with Crippen LogP contribution in [0.25, 0.3) is 5.70 Å². The Balaban J connectivity index is 1.85. The van der Waals surface area contributed by atoms with Gasteiger partial charge in [0.1, 0.15) is 11.6 Å². The summed E-state index contributed by atoms with van der Waals surface area (Å²) < 4.78 is 5.26. The van der Waals surface area contributed by atoms with E-state index in [1.54, 1.807) is 7.11 Å². The topological polar surface area (TPSA) is 33.6 Å². The third-order valence-corrected chi connectivity index (χ3v) is 3.23. The summed E-state index contributed by atoms with van der Waals surface area (Å²) in [6, 6.07) is 18.2. The molecule has 0 amide bonds. The van der Waals surface area contributed by atoms with Crippen LogP contribution in [-0.4, -0.2) is 19.5 Å². The smallest absolute Gasteiger partial charge is 0.133 e. The Morgan fingerprint density at radius 3 is 2.60 bits per heavy atom. The molecule has 1 heterocycles. The number of methoxy groups -OCH3 is 1. The van der Waals surface area contributed by atoms with Crippen LogP contribution in [0, 0.1) is 0 Å². The Bertz CT molecular complexity index is 660.